The number of thiophene rings is 1. The van der Waals surface area contributed by atoms with E-state index >= 15 is 0 Å². The van der Waals surface area contributed by atoms with Crippen molar-refractivity contribution in [2.24, 2.45) is 4.99 Å². The number of nitrogens with zero attached hydrogens (tertiary/aromatic N) is 3. The molecule has 0 bridgehead atoms. The van der Waals surface area contributed by atoms with Crippen LogP contribution in [0.2, 0.25) is 0 Å². The van der Waals surface area contributed by atoms with E-state index < -0.39 is 0 Å². The number of likely N-dealkylation sites (N-methyl/N-ethyl adjacent to an activating group) is 1. The van der Waals surface area contributed by atoms with Gasteiger partial charge in [-0.2, -0.15) is 0 Å². The third kappa shape index (κ3) is 4.73. The maximum absolute atomic E-state index is 5.14. The van der Waals surface area contributed by atoms with Crippen molar-refractivity contribution in [3.63, 3.8) is 0 Å². The van der Waals surface area contributed by atoms with E-state index in [1.54, 1.807) is 31.7 Å². The standard InChI is InChI=1S/C16H22N4OS/c1-17-16(20(2)9-7-14-5-4-10-22-14)19-12-13-6-8-18-15(11-13)21-3/h4-6,8,10-11H,7,9,12H2,1-3H3,(H,17,19). The van der Waals surface area contributed by atoms with Gasteiger partial charge in [-0.1, -0.05) is 6.07 Å². The Balaban J connectivity index is 1.85. The molecule has 0 unspecified atom stereocenters. The number of pyridine rings is 1. The maximum atomic E-state index is 5.14. The Hall–Kier alpha value is -2.08. The van der Waals surface area contributed by atoms with Gasteiger partial charge in [0, 0.05) is 44.3 Å². The molecule has 118 valence electrons. The van der Waals surface area contributed by atoms with Crippen molar-refractivity contribution < 1.29 is 4.74 Å². The highest BCUT2D eigenvalue weighted by Crippen LogP contribution is 2.10. The molecule has 0 radical (unpaired) electrons. The van der Waals surface area contributed by atoms with Gasteiger partial charge < -0.3 is 15.0 Å². The lowest BCUT2D eigenvalue weighted by atomic mass is 10.2. The van der Waals surface area contributed by atoms with Gasteiger partial charge in [-0.15, -0.1) is 11.3 Å². The third-order valence-corrected chi connectivity index (χ3v) is 4.24. The summed E-state index contributed by atoms with van der Waals surface area (Å²) >= 11 is 1.79. The van der Waals surface area contributed by atoms with Crippen molar-refractivity contribution in [3.8, 4) is 5.88 Å². The van der Waals surface area contributed by atoms with E-state index in [2.05, 4.69) is 44.8 Å². The second-order valence-corrected chi connectivity index (χ2v) is 5.89. The van der Waals surface area contributed by atoms with Crippen molar-refractivity contribution in [2.75, 3.05) is 27.7 Å². The summed E-state index contributed by atoms with van der Waals surface area (Å²) in [4.78, 5) is 12.0. The highest BCUT2D eigenvalue weighted by Gasteiger charge is 2.06. The molecule has 22 heavy (non-hydrogen) atoms. The van der Waals surface area contributed by atoms with Crippen LogP contribution < -0.4 is 10.1 Å². The summed E-state index contributed by atoms with van der Waals surface area (Å²) < 4.78 is 5.14. The van der Waals surface area contributed by atoms with E-state index in [0.29, 0.717) is 12.4 Å². The predicted molar refractivity (Wildman–Crippen MR) is 91.6 cm³/mol. The number of nitrogens with one attached hydrogen (secondary N) is 1. The largest absolute Gasteiger partial charge is 0.481 e. The number of methoxy groups -OCH3 is 1. The zero-order valence-electron chi connectivity index (χ0n) is 13.2. The molecular formula is C16H22N4OS. The molecule has 1 N–H and O–H groups in total. The minimum absolute atomic E-state index is 0.625. The van der Waals surface area contributed by atoms with Crippen LogP contribution in [0.25, 0.3) is 0 Å². The second-order valence-electron chi connectivity index (χ2n) is 4.86. The Morgan fingerprint density at radius 1 is 1.45 bits per heavy atom. The molecule has 0 aliphatic rings. The van der Waals surface area contributed by atoms with Crippen LogP contribution in [0.5, 0.6) is 5.88 Å². The van der Waals surface area contributed by atoms with E-state index in [-0.39, 0.29) is 0 Å². The molecule has 2 aromatic heterocycles. The second kappa shape index (κ2) is 8.38. The molecule has 0 spiro atoms. The molecule has 0 atom stereocenters. The Labute approximate surface area is 135 Å². The van der Waals surface area contributed by atoms with Gasteiger partial charge in [-0.25, -0.2) is 4.98 Å². The molecule has 0 aliphatic heterocycles. The summed E-state index contributed by atoms with van der Waals surface area (Å²) in [6.45, 7) is 1.62. The van der Waals surface area contributed by atoms with Crippen LogP contribution in [0.4, 0.5) is 0 Å². The molecule has 2 rings (SSSR count). The fraction of sp³-hybridized carbons (Fsp3) is 0.375. The first-order chi connectivity index (χ1) is 10.7. The number of ether oxygens (including phenoxy) is 1. The van der Waals surface area contributed by atoms with E-state index in [4.69, 9.17) is 4.74 Å². The average molecular weight is 318 g/mol. The lowest BCUT2D eigenvalue weighted by molar-refractivity contribution is 0.397. The first-order valence-electron chi connectivity index (χ1n) is 7.16. The lowest BCUT2D eigenvalue weighted by Gasteiger charge is -2.22. The van der Waals surface area contributed by atoms with E-state index in [1.807, 2.05) is 12.1 Å². The Morgan fingerprint density at radius 3 is 3.00 bits per heavy atom. The summed E-state index contributed by atoms with van der Waals surface area (Å²) in [5.41, 5.74) is 1.11. The highest BCUT2D eigenvalue weighted by molar-refractivity contribution is 7.09. The molecule has 2 aromatic rings. The average Bonchev–Trinajstić information content (AvgIpc) is 3.07. The summed E-state index contributed by atoms with van der Waals surface area (Å²) in [5, 5.41) is 5.47. The van der Waals surface area contributed by atoms with Crippen molar-refractivity contribution in [2.45, 2.75) is 13.0 Å². The van der Waals surface area contributed by atoms with Crippen molar-refractivity contribution >= 4 is 17.3 Å². The molecule has 0 saturated heterocycles. The fourth-order valence-electron chi connectivity index (χ4n) is 2.08. The third-order valence-electron chi connectivity index (χ3n) is 3.31. The number of guanidine groups is 1. The van der Waals surface area contributed by atoms with Gasteiger partial charge in [0.25, 0.3) is 0 Å². The van der Waals surface area contributed by atoms with Crippen LogP contribution >= 0.6 is 11.3 Å². The Kier molecular flexibility index (Phi) is 6.21. The van der Waals surface area contributed by atoms with Crippen LogP contribution in [0.1, 0.15) is 10.4 Å². The number of hydrogen-bond acceptors (Lipinski definition) is 4. The summed E-state index contributed by atoms with van der Waals surface area (Å²) in [6.07, 6.45) is 2.77. The van der Waals surface area contributed by atoms with Gasteiger partial charge in [0.2, 0.25) is 5.88 Å². The van der Waals surface area contributed by atoms with E-state index in [1.165, 1.54) is 4.88 Å². The van der Waals surface area contributed by atoms with E-state index in [0.717, 1.165) is 24.5 Å². The van der Waals surface area contributed by atoms with Crippen molar-refractivity contribution in [3.05, 3.63) is 46.3 Å². The summed E-state index contributed by atoms with van der Waals surface area (Å²) in [5.74, 6) is 1.51. The number of aromatic nitrogens is 1. The molecule has 0 aromatic carbocycles. The normalized spacial score (nSPS) is 11.3. The van der Waals surface area contributed by atoms with Gasteiger partial charge in [0.05, 0.1) is 7.11 Å². The van der Waals surface area contributed by atoms with Gasteiger partial charge >= 0.3 is 0 Å². The summed E-state index contributed by atoms with van der Waals surface area (Å²) in [7, 11) is 5.48. The molecule has 2 heterocycles. The van der Waals surface area contributed by atoms with Crippen LogP contribution in [0, 0.1) is 0 Å². The number of aliphatic imine (C=N–C) groups is 1. The van der Waals surface area contributed by atoms with Gasteiger partial charge in [-0.05, 0) is 29.5 Å². The van der Waals surface area contributed by atoms with Gasteiger partial charge in [0.1, 0.15) is 0 Å². The number of hydrogen-bond donors (Lipinski definition) is 1. The lowest BCUT2D eigenvalue weighted by Crippen LogP contribution is -2.39. The highest BCUT2D eigenvalue weighted by atomic mass is 32.1. The molecule has 0 saturated carbocycles. The van der Waals surface area contributed by atoms with Crippen LogP contribution in [0.3, 0.4) is 0 Å². The molecular weight excluding hydrogens is 296 g/mol. The minimum Gasteiger partial charge on any atom is -0.481 e. The molecule has 0 fully saturated rings. The molecule has 0 amide bonds. The SMILES string of the molecule is CN=C(NCc1ccnc(OC)c1)N(C)CCc1cccs1. The van der Waals surface area contributed by atoms with Crippen molar-refractivity contribution in [1.82, 2.24) is 15.2 Å². The van der Waals surface area contributed by atoms with Gasteiger partial charge in [-0.3, -0.25) is 4.99 Å². The van der Waals surface area contributed by atoms with Gasteiger partial charge in [0.15, 0.2) is 5.96 Å². The Morgan fingerprint density at radius 2 is 2.32 bits per heavy atom. The van der Waals surface area contributed by atoms with E-state index in [9.17, 15) is 0 Å². The van der Waals surface area contributed by atoms with Crippen LogP contribution in [-0.4, -0.2) is 43.6 Å². The first-order valence-corrected chi connectivity index (χ1v) is 8.04. The Bertz CT molecular complexity index is 598. The fourth-order valence-corrected chi connectivity index (χ4v) is 2.77. The monoisotopic (exact) mass is 318 g/mol. The summed E-state index contributed by atoms with van der Waals surface area (Å²) in [6, 6.07) is 8.14. The van der Waals surface area contributed by atoms with Crippen molar-refractivity contribution in [1.29, 1.82) is 0 Å². The molecule has 5 nitrogen and oxygen atoms in total. The minimum atomic E-state index is 0.625. The first kappa shape index (κ1) is 16.3. The smallest absolute Gasteiger partial charge is 0.213 e. The molecule has 6 heteroatoms. The van der Waals surface area contributed by atoms with Crippen LogP contribution in [0.15, 0.2) is 40.8 Å². The topological polar surface area (TPSA) is 49.8 Å². The zero-order valence-corrected chi connectivity index (χ0v) is 14.1. The quantitative estimate of drug-likeness (QED) is 0.656. The zero-order chi connectivity index (χ0) is 15.8. The van der Waals surface area contributed by atoms with Crippen LogP contribution in [-0.2, 0) is 13.0 Å². The predicted octanol–water partition coefficient (Wildman–Crippen LogP) is 2.40. The number of rotatable bonds is 6. The maximum Gasteiger partial charge on any atom is 0.213 e. The molecule has 0 aliphatic carbocycles.